The van der Waals surface area contributed by atoms with Crippen molar-refractivity contribution in [3.63, 3.8) is 0 Å². The normalized spacial score (nSPS) is 27.2. The Balaban J connectivity index is 1.83. The number of nitrogens with zero attached hydrogens (tertiary/aromatic N) is 1. The Bertz CT molecular complexity index is 684. The molecule has 2 saturated heterocycles. The van der Waals surface area contributed by atoms with E-state index in [2.05, 4.69) is 5.32 Å². The molecule has 2 heterocycles. The molecule has 0 radical (unpaired) electrons. The number of nitrogens with two attached hydrogens (primary N) is 1. The Morgan fingerprint density at radius 3 is 2.88 bits per heavy atom. The molecule has 4 amide bonds. The second-order valence-electron chi connectivity index (χ2n) is 6.40. The molecule has 3 rings (SSSR count). The SMILES string of the molecule is CC1(c2cccc(C(N)=O)c2)NC(=O)N(CC2CCCCO2)C1=O. The lowest BCUT2D eigenvalue weighted by molar-refractivity contribution is -0.132. The van der Waals surface area contributed by atoms with Crippen LogP contribution in [0.25, 0.3) is 0 Å². The fourth-order valence-corrected chi connectivity index (χ4v) is 3.20. The van der Waals surface area contributed by atoms with Crippen LogP contribution >= 0.6 is 0 Å². The number of rotatable bonds is 4. The molecule has 3 N–H and O–H groups in total. The number of carbonyl (C=O) groups excluding carboxylic acids is 3. The number of nitrogens with one attached hydrogen (secondary N) is 1. The van der Waals surface area contributed by atoms with Gasteiger partial charge in [-0.3, -0.25) is 14.5 Å². The summed E-state index contributed by atoms with van der Waals surface area (Å²) in [4.78, 5) is 37.7. The summed E-state index contributed by atoms with van der Waals surface area (Å²) in [6.45, 7) is 2.54. The first kappa shape index (κ1) is 16.4. The minimum Gasteiger partial charge on any atom is -0.376 e. The number of imide groups is 1. The summed E-state index contributed by atoms with van der Waals surface area (Å²) in [6, 6.07) is 6.02. The van der Waals surface area contributed by atoms with Gasteiger partial charge in [0.1, 0.15) is 5.54 Å². The van der Waals surface area contributed by atoms with Crippen LogP contribution in [0.15, 0.2) is 24.3 Å². The van der Waals surface area contributed by atoms with E-state index in [1.165, 1.54) is 4.90 Å². The first-order valence-corrected chi connectivity index (χ1v) is 8.08. The molecule has 2 atom stereocenters. The van der Waals surface area contributed by atoms with Gasteiger partial charge in [-0.1, -0.05) is 12.1 Å². The number of benzene rings is 1. The van der Waals surface area contributed by atoms with Crippen LogP contribution in [0.5, 0.6) is 0 Å². The number of urea groups is 1. The minimum atomic E-state index is -1.21. The Labute approximate surface area is 140 Å². The fourth-order valence-electron chi connectivity index (χ4n) is 3.20. The third kappa shape index (κ3) is 2.87. The van der Waals surface area contributed by atoms with Crippen molar-refractivity contribution < 1.29 is 19.1 Å². The molecule has 0 spiro atoms. The predicted molar refractivity (Wildman–Crippen MR) is 86.1 cm³/mol. The zero-order valence-corrected chi connectivity index (χ0v) is 13.6. The van der Waals surface area contributed by atoms with Crippen molar-refractivity contribution >= 4 is 17.8 Å². The summed E-state index contributed by atoms with van der Waals surface area (Å²) in [5, 5.41) is 2.73. The molecule has 2 fully saturated rings. The van der Waals surface area contributed by atoms with E-state index in [4.69, 9.17) is 10.5 Å². The Morgan fingerprint density at radius 2 is 2.21 bits per heavy atom. The average Bonchev–Trinajstić information content (AvgIpc) is 2.80. The van der Waals surface area contributed by atoms with Crippen molar-refractivity contribution in [2.75, 3.05) is 13.2 Å². The van der Waals surface area contributed by atoms with E-state index in [1.54, 1.807) is 31.2 Å². The van der Waals surface area contributed by atoms with Crippen LogP contribution in [0.2, 0.25) is 0 Å². The number of primary amides is 1. The van der Waals surface area contributed by atoms with Crippen molar-refractivity contribution in [2.45, 2.75) is 37.8 Å². The Hall–Kier alpha value is -2.41. The van der Waals surface area contributed by atoms with Gasteiger partial charge in [-0.25, -0.2) is 4.79 Å². The second kappa shape index (κ2) is 6.24. The molecular formula is C17H21N3O4. The lowest BCUT2D eigenvalue weighted by Gasteiger charge is -2.27. The monoisotopic (exact) mass is 331 g/mol. The smallest absolute Gasteiger partial charge is 0.325 e. The zero-order chi connectivity index (χ0) is 17.3. The standard InChI is InChI=1S/C17H21N3O4/c1-17(12-6-4-5-11(9-12)14(18)21)15(22)20(16(23)19-17)10-13-7-2-3-8-24-13/h4-6,9,13H,2-3,7-8,10H2,1H3,(H2,18,21)(H,19,23). The molecule has 2 aliphatic rings. The first-order valence-electron chi connectivity index (χ1n) is 8.08. The van der Waals surface area contributed by atoms with Crippen LogP contribution in [-0.4, -0.2) is 42.0 Å². The summed E-state index contributed by atoms with van der Waals surface area (Å²) >= 11 is 0. The highest BCUT2D eigenvalue weighted by Crippen LogP contribution is 2.30. The lowest BCUT2D eigenvalue weighted by Crippen LogP contribution is -2.43. The summed E-state index contributed by atoms with van der Waals surface area (Å²) in [6.07, 6.45) is 2.76. The van der Waals surface area contributed by atoms with Crippen LogP contribution in [0, 0.1) is 0 Å². The van der Waals surface area contributed by atoms with Gasteiger partial charge in [-0.15, -0.1) is 0 Å². The van der Waals surface area contributed by atoms with Gasteiger partial charge < -0.3 is 15.8 Å². The summed E-state index contributed by atoms with van der Waals surface area (Å²) in [5.74, 6) is -0.923. The second-order valence-corrected chi connectivity index (χ2v) is 6.40. The van der Waals surface area contributed by atoms with Gasteiger partial charge in [-0.05, 0) is 43.9 Å². The van der Waals surface area contributed by atoms with E-state index < -0.39 is 17.5 Å². The van der Waals surface area contributed by atoms with E-state index >= 15 is 0 Å². The van der Waals surface area contributed by atoms with Gasteiger partial charge >= 0.3 is 6.03 Å². The Morgan fingerprint density at radius 1 is 1.42 bits per heavy atom. The summed E-state index contributed by atoms with van der Waals surface area (Å²) in [7, 11) is 0. The predicted octanol–water partition coefficient (Wildman–Crippen LogP) is 1.12. The quantitative estimate of drug-likeness (QED) is 0.807. The first-order chi connectivity index (χ1) is 11.4. The van der Waals surface area contributed by atoms with Gasteiger partial charge in [0.15, 0.2) is 0 Å². The Kier molecular flexibility index (Phi) is 4.28. The van der Waals surface area contributed by atoms with Gasteiger partial charge in [-0.2, -0.15) is 0 Å². The highest BCUT2D eigenvalue weighted by molar-refractivity contribution is 6.07. The number of amides is 4. The van der Waals surface area contributed by atoms with Gasteiger partial charge in [0.05, 0.1) is 12.6 Å². The van der Waals surface area contributed by atoms with Crippen LogP contribution < -0.4 is 11.1 Å². The minimum absolute atomic E-state index is 0.118. The molecule has 2 unspecified atom stereocenters. The van der Waals surface area contributed by atoms with Crippen molar-refractivity contribution in [1.29, 1.82) is 0 Å². The molecule has 0 aliphatic carbocycles. The molecule has 7 nitrogen and oxygen atoms in total. The number of carbonyl (C=O) groups is 3. The fraction of sp³-hybridized carbons (Fsp3) is 0.471. The van der Waals surface area contributed by atoms with Crippen LogP contribution in [0.3, 0.4) is 0 Å². The molecule has 2 aliphatic heterocycles. The number of hydrogen-bond acceptors (Lipinski definition) is 4. The van der Waals surface area contributed by atoms with E-state index in [9.17, 15) is 14.4 Å². The van der Waals surface area contributed by atoms with Crippen molar-refractivity contribution in [1.82, 2.24) is 10.2 Å². The molecule has 1 aromatic rings. The third-order valence-electron chi connectivity index (χ3n) is 4.66. The van der Waals surface area contributed by atoms with Gasteiger partial charge in [0.2, 0.25) is 5.91 Å². The molecule has 0 aromatic heterocycles. The van der Waals surface area contributed by atoms with E-state index in [1.807, 2.05) is 0 Å². The average molecular weight is 331 g/mol. The molecular weight excluding hydrogens is 310 g/mol. The van der Waals surface area contributed by atoms with Crippen molar-refractivity contribution in [2.24, 2.45) is 5.73 Å². The van der Waals surface area contributed by atoms with E-state index in [-0.39, 0.29) is 18.6 Å². The molecule has 24 heavy (non-hydrogen) atoms. The molecule has 128 valence electrons. The van der Waals surface area contributed by atoms with E-state index in [0.29, 0.717) is 17.7 Å². The topological polar surface area (TPSA) is 102 Å². The van der Waals surface area contributed by atoms with Crippen LogP contribution in [-0.2, 0) is 15.1 Å². The highest BCUT2D eigenvalue weighted by Gasteiger charge is 2.49. The maximum Gasteiger partial charge on any atom is 0.325 e. The van der Waals surface area contributed by atoms with Crippen molar-refractivity contribution in [3.8, 4) is 0 Å². The van der Waals surface area contributed by atoms with Crippen LogP contribution in [0.1, 0.15) is 42.1 Å². The van der Waals surface area contributed by atoms with Gasteiger partial charge in [0.25, 0.3) is 5.91 Å². The number of ether oxygens (including phenoxy) is 1. The third-order valence-corrected chi connectivity index (χ3v) is 4.66. The number of hydrogen-bond donors (Lipinski definition) is 2. The lowest BCUT2D eigenvalue weighted by atomic mass is 9.90. The van der Waals surface area contributed by atoms with Gasteiger partial charge in [0, 0.05) is 12.2 Å². The van der Waals surface area contributed by atoms with Crippen LogP contribution in [0.4, 0.5) is 4.79 Å². The molecule has 0 saturated carbocycles. The molecule has 7 heteroatoms. The highest BCUT2D eigenvalue weighted by atomic mass is 16.5. The largest absolute Gasteiger partial charge is 0.376 e. The maximum absolute atomic E-state index is 12.9. The van der Waals surface area contributed by atoms with Crippen molar-refractivity contribution in [3.05, 3.63) is 35.4 Å². The maximum atomic E-state index is 12.9. The molecule has 1 aromatic carbocycles. The summed E-state index contributed by atoms with van der Waals surface area (Å²) < 4.78 is 5.63. The molecule has 0 bridgehead atoms. The van der Waals surface area contributed by atoms with E-state index in [0.717, 1.165) is 19.3 Å². The summed E-state index contributed by atoms with van der Waals surface area (Å²) in [5.41, 5.74) is 4.92. The zero-order valence-electron chi connectivity index (χ0n) is 13.6.